The highest BCUT2D eigenvalue weighted by molar-refractivity contribution is 7.71. The number of nitrogens with zero attached hydrogens (tertiary/aromatic N) is 3. The lowest BCUT2D eigenvalue weighted by Crippen LogP contribution is -2.57. The van der Waals surface area contributed by atoms with Crippen molar-refractivity contribution in [2.45, 2.75) is 45.4 Å². The molecule has 41 heavy (non-hydrogen) atoms. The maximum atomic E-state index is 14.2. The molecule has 4 aliphatic rings. The van der Waals surface area contributed by atoms with Gasteiger partial charge in [-0.05, 0) is 82.1 Å². The number of likely N-dealkylation sites (N-methyl/N-ethyl adjacent to an activating group) is 2. The summed E-state index contributed by atoms with van der Waals surface area (Å²) in [7, 11) is 7.17. The van der Waals surface area contributed by atoms with Crippen LogP contribution in [0.2, 0.25) is 0 Å². The van der Waals surface area contributed by atoms with Crippen LogP contribution in [0.5, 0.6) is 0 Å². The van der Waals surface area contributed by atoms with Crippen LogP contribution in [-0.4, -0.2) is 92.5 Å². The molecule has 0 aliphatic heterocycles. The molecule has 0 aromatic carbocycles. The van der Waals surface area contributed by atoms with E-state index in [1.165, 1.54) is 0 Å². The number of rotatable bonds is 5. The van der Waals surface area contributed by atoms with Crippen molar-refractivity contribution in [1.29, 1.82) is 0 Å². The molecule has 6 atom stereocenters. The number of aromatic nitrogens is 2. The fourth-order valence-corrected chi connectivity index (χ4v) is 7.69. The summed E-state index contributed by atoms with van der Waals surface area (Å²) in [6, 6.07) is -0.777. The number of imidazole rings is 1. The van der Waals surface area contributed by atoms with Gasteiger partial charge in [0.2, 0.25) is 0 Å². The molecule has 1 aromatic rings. The maximum absolute atomic E-state index is 14.2. The Balaban J connectivity index is 1.67. The summed E-state index contributed by atoms with van der Waals surface area (Å²) in [5, 5.41) is 34.7. The summed E-state index contributed by atoms with van der Waals surface area (Å²) in [6.07, 6.45) is 3.19. The van der Waals surface area contributed by atoms with Crippen LogP contribution in [0.1, 0.15) is 25.5 Å². The number of Topliss-reactive ketones (excluding diaryl/α,β-unsaturated/α-hetero) is 2. The molecular formula is C29H37N5O6S. The zero-order chi connectivity index (χ0) is 30.3. The minimum absolute atomic E-state index is 0.0985. The number of aliphatic hydroxyl groups is 3. The van der Waals surface area contributed by atoms with Gasteiger partial charge in [-0.2, -0.15) is 0 Å². The molecule has 0 saturated heterocycles. The molecule has 11 nitrogen and oxygen atoms in total. The summed E-state index contributed by atoms with van der Waals surface area (Å²) in [6.45, 7) is 3.89. The third kappa shape index (κ3) is 4.06. The van der Waals surface area contributed by atoms with Gasteiger partial charge in [-0.25, -0.2) is 0 Å². The van der Waals surface area contributed by atoms with Crippen molar-refractivity contribution < 1.29 is 29.7 Å². The van der Waals surface area contributed by atoms with Crippen LogP contribution in [0, 0.1) is 34.9 Å². The molecule has 1 saturated carbocycles. The highest BCUT2D eigenvalue weighted by atomic mass is 32.1. The van der Waals surface area contributed by atoms with Gasteiger partial charge in [0, 0.05) is 43.8 Å². The largest absolute Gasteiger partial charge is 0.511 e. The smallest absolute Gasteiger partial charge is 0.255 e. The molecule has 0 radical (unpaired) electrons. The highest BCUT2D eigenvalue weighted by Crippen LogP contribution is 2.58. The zero-order valence-electron chi connectivity index (χ0n) is 24.1. The van der Waals surface area contributed by atoms with Crippen LogP contribution in [0.3, 0.4) is 0 Å². The van der Waals surface area contributed by atoms with Gasteiger partial charge in [-0.3, -0.25) is 19.3 Å². The second-order valence-electron chi connectivity index (χ2n) is 12.2. The molecule has 1 fully saturated rings. The van der Waals surface area contributed by atoms with E-state index in [0.717, 1.165) is 17.0 Å². The third-order valence-corrected chi connectivity index (χ3v) is 9.80. The first kappa shape index (κ1) is 29.0. The first-order valence-electron chi connectivity index (χ1n) is 13.6. The number of carbonyl (C=O) groups excluding carboxylic acids is 3. The highest BCUT2D eigenvalue weighted by Gasteiger charge is 2.59. The van der Waals surface area contributed by atoms with E-state index in [9.17, 15) is 29.7 Å². The number of hydrogen-bond acceptors (Lipinski definition) is 9. The molecule has 1 amide bonds. The Morgan fingerprint density at radius 2 is 1.88 bits per heavy atom. The van der Waals surface area contributed by atoms with E-state index in [2.05, 4.69) is 4.98 Å². The summed E-state index contributed by atoms with van der Waals surface area (Å²) < 4.78 is 2.35. The SMILES string of the molecule is Cc1c[nH]c(=S)n1CC1=CC(N(C)C)=C2CC3CC4C(C(=O)C(C(N)=O)=C(O)[C@@H]4N(C)C)C(=O)C3=C(O)C2(C)C1O. The van der Waals surface area contributed by atoms with E-state index in [0.29, 0.717) is 23.2 Å². The van der Waals surface area contributed by atoms with Crippen LogP contribution >= 0.6 is 12.2 Å². The number of H-pyrrole nitrogens is 1. The topological polar surface area (TPSA) is 165 Å². The van der Waals surface area contributed by atoms with Crippen molar-refractivity contribution in [2.75, 3.05) is 28.2 Å². The summed E-state index contributed by atoms with van der Waals surface area (Å²) >= 11 is 5.43. The number of aromatic amines is 1. The fraction of sp³-hybridized carbons (Fsp3) is 0.517. The van der Waals surface area contributed by atoms with Crippen molar-refractivity contribution in [2.24, 2.45) is 28.9 Å². The van der Waals surface area contributed by atoms with Gasteiger partial charge >= 0.3 is 0 Å². The number of ketones is 2. The molecule has 5 unspecified atom stereocenters. The Morgan fingerprint density at radius 3 is 2.41 bits per heavy atom. The number of primary amides is 1. The van der Waals surface area contributed by atoms with Crippen LogP contribution in [-0.2, 0) is 20.9 Å². The van der Waals surface area contributed by atoms with E-state index < -0.39 is 64.1 Å². The second kappa shape index (κ2) is 9.81. The molecule has 220 valence electrons. The third-order valence-electron chi connectivity index (χ3n) is 9.47. The standard InChI is InChI=1S/C29H37N5O6S/c1-12-10-31-28(41)34(12)11-14-9-17(32(3)4)16-8-13-7-15-19(22(35)18(13)26(39)29(16,2)25(14)38)23(36)20(27(30)40)24(37)21(15)33(5)6/h9-10,13,15,19,21,25,37-39H,7-8,11H2,1-6H3,(H2,30,40)(H,31,41)/t13?,15?,19?,21-,25?,29?/m1/s1. The first-order valence-corrected chi connectivity index (χ1v) is 14.0. The van der Waals surface area contributed by atoms with Gasteiger partial charge < -0.3 is 35.5 Å². The summed E-state index contributed by atoms with van der Waals surface area (Å²) in [5.74, 6) is -5.58. The lowest BCUT2D eigenvalue weighted by molar-refractivity contribution is -0.137. The summed E-state index contributed by atoms with van der Waals surface area (Å²) in [5.41, 5.74) is 6.74. The van der Waals surface area contributed by atoms with E-state index in [-0.39, 0.29) is 17.9 Å². The lowest BCUT2D eigenvalue weighted by Gasteiger charge is -2.51. The molecule has 4 aliphatic carbocycles. The predicted molar refractivity (Wildman–Crippen MR) is 153 cm³/mol. The Labute approximate surface area is 243 Å². The van der Waals surface area contributed by atoms with E-state index >= 15 is 0 Å². The Kier molecular flexibility index (Phi) is 6.95. The number of nitrogens with two attached hydrogens (primary N) is 1. The van der Waals surface area contributed by atoms with Gasteiger partial charge in [0.15, 0.2) is 16.3 Å². The molecule has 0 spiro atoms. The van der Waals surface area contributed by atoms with E-state index in [1.807, 2.05) is 36.6 Å². The van der Waals surface area contributed by atoms with Crippen molar-refractivity contribution in [1.82, 2.24) is 19.4 Å². The molecule has 1 aromatic heterocycles. The Morgan fingerprint density at radius 1 is 1.22 bits per heavy atom. The number of nitrogens with one attached hydrogen (secondary N) is 1. The van der Waals surface area contributed by atoms with Crippen LogP contribution in [0.4, 0.5) is 0 Å². The van der Waals surface area contributed by atoms with Gasteiger partial charge in [-0.15, -0.1) is 0 Å². The van der Waals surface area contributed by atoms with Crippen molar-refractivity contribution in [3.63, 3.8) is 0 Å². The average molecular weight is 584 g/mol. The van der Waals surface area contributed by atoms with Gasteiger partial charge in [0.05, 0.1) is 23.5 Å². The van der Waals surface area contributed by atoms with Gasteiger partial charge in [-0.1, -0.05) is 0 Å². The minimum atomic E-state index is -1.34. The van der Waals surface area contributed by atoms with Crippen LogP contribution in [0.15, 0.2) is 51.8 Å². The quantitative estimate of drug-likeness (QED) is 0.198. The number of allylic oxidation sites excluding steroid dienone is 2. The number of hydrogen-bond donors (Lipinski definition) is 5. The van der Waals surface area contributed by atoms with Crippen molar-refractivity contribution in [3.8, 4) is 0 Å². The van der Waals surface area contributed by atoms with Crippen molar-refractivity contribution >= 4 is 29.7 Å². The van der Waals surface area contributed by atoms with E-state index in [1.54, 1.807) is 32.1 Å². The molecular weight excluding hydrogens is 546 g/mol. The van der Waals surface area contributed by atoms with Gasteiger partial charge in [0.25, 0.3) is 5.91 Å². The number of fused-ring (bicyclic) bond motifs is 3. The van der Waals surface area contributed by atoms with Crippen LogP contribution < -0.4 is 5.73 Å². The number of aryl methyl sites for hydroxylation is 1. The molecule has 5 rings (SSSR count). The van der Waals surface area contributed by atoms with Crippen LogP contribution in [0.25, 0.3) is 0 Å². The van der Waals surface area contributed by atoms with Gasteiger partial charge in [0.1, 0.15) is 17.1 Å². The first-order chi connectivity index (χ1) is 19.1. The normalized spacial score (nSPS) is 31.7. The maximum Gasteiger partial charge on any atom is 0.255 e. The average Bonchev–Trinajstić information content (AvgIpc) is 3.18. The Hall–Kier alpha value is -3.48. The summed E-state index contributed by atoms with van der Waals surface area (Å²) in [4.78, 5) is 46.4. The Bertz CT molecular complexity index is 1560. The minimum Gasteiger partial charge on any atom is -0.511 e. The van der Waals surface area contributed by atoms with E-state index in [4.69, 9.17) is 18.0 Å². The monoisotopic (exact) mass is 583 g/mol. The fourth-order valence-electron chi connectivity index (χ4n) is 7.42. The van der Waals surface area contributed by atoms with Crippen molar-refractivity contribution in [3.05, 3.63) is 62.2 Å². The second-order valence-corrected chi connectivity index (χ2v) is 12.6. The number of amides is 1. The molecule has 6 N–H and O–H groups in total. The molecule has 0 bridgehead atoms. The molecule has 1 heterocycles. The number of aliphatic hydroxyl groups excluding tert-OH is 3. The predicted octanol–water partition coefficient (Wildman–Crippen LogP) is 1.82. The molecule has 12 heteroatoms. The zero-order valence-corrected chi connectivity index (χ0v) is 24.9. The lowest BCUT2D eigenvalue weighted by atomic mass is 9.54. The number of carbonyl (C=O) groups is 3.